The summed E-state index contributed by atoms with van der Waals surface area (Å²) >= 11 is 12.0. The molecule has 2 rings (SSSR count). The Bertz CT molecular complexity index is 654. The molecule has 0 aliphatic carbocycles. The molecule has 0 aliphatic rings. The van der Waals surface area contributed by atoms with Crippen LogP contribution in [0.3, 0.4) is 0 Å². The van der Waals surface area contributed by atoms with E-state index >= 15 is 0 Å². The first kappa shape index (κ1) is 15.6. The lowest BCUT2D eigenvalue weighted by Crippen LogP contribution is -2.02. The molecule has 2 aromatic carbocycles. The molecule has 6 heteroatoms. The van der Waals surface area contributed by atoms with Crippen LogP contribution in [-0.2, 0) is 6.61 Å². The maximum absolute atomic E-state index is 13.7. The van der Waals surface area contributed by atoms with E-state index in [4.69, 9.17) is 32.7 Å². The Kier molecular flexibility index (Phi) is 5.04. The van der Waals surface area contributed by atoms with Crippen LogP contribution in [-0.4, -0.2) is 13.4 Å². The SMILES string of the molecule is COc1cc(C=O)cc(Cl)c1OCc1c(F)cccc1Cl. The van der Waals surface area contributed by atoms with Gasteiger partial charge in [0.2, 0.25) is 0 Å². The number of hydrogen-bond donors (Lipinski definition) is 0. The lowest BCUT2D eigenvalue weighted by atomic mass is 10.2. The minimum Gasteiger partial charge on any atom is -0.493 e. The van der Waals surface area contributed by atoms with E-state index in [-0.39, 0.29) is 33.7 Å². The molecule has 0 radical (unpaired) electrons. The van der Waals surface area contributed by atoms with Crippen molar-refractivity contribution in [1.29, 1.82) is 0 Å². The van der Waals surface area contributed by atoms with Crippen LogP contribution in [0, 0.1) is 5.82 Å². The van der Waals surface area contributed by atoms with Gasteiger partial charge < -0.3 is 9.47 Å². The first-order chi connectivity index (χ1) is 10.1. The second-order valence-electron chi connectivity index (χ2n) is 4.14. The summed E-state index contributed by atoms with van der Waals surface area (Å²) in [4.78, 5) is 10.8. The van der Waals surface area contributed by atoms with Crippen molar-refractivity contribution in [1.82, 2.24) is 0 Å². The van der Waals surface area contributed by atoms with E-state index in [1.165, 1.54) is 31.4 Å². The summed E-state index contributed by atoms with van der Waals surface area (Å²) in [5.74, 6) is 0.0447. The Labute approximate surface area is 131 Å². The lowest BCUT2D eigenvalue weighted by Gasteiger charge is -2.14. The van der Waals surface area contributed by atoms with Gasteiger partial charge in [0.05, 0.1) is 17.2 Å². The summed E-state index contributed by atoms with van der Waals surface area (Å²) in [7, 11) is 1.42. The van der Waals surface area contributed by atoms with Gasteiger partial charge in [-0.1, -0.05) is 29.3 Å². The van der Waals surface area contributed by atoms with Crippen molar-refractivity contribution in [3.05, 3.63) is 57.3 Å². The van der Waals surface area contributed by atoms with Crippen molar-refractivity contribution in [2.45, 2.75) is 6.61 Å². The molecule has 0 bridgehead atoms. The van der Waals surface area contributed by atoms with Crippen molar-refractivity contribution in [3.8, 4) is 11.5 Å². The van der Waals surface area contributed by atoms with Crippen LogP contribution in [0.25, 0.3) is 0 Å². The molecule has 3 nitrogen and oxygen atoms in total. The highest BCUT2D eigenvalue weighted by molar-refractivity contribution is 6.32. The molecule has 0 fully saturated rings. The summed E-state index contributed by atoms with van der Waals surface area (Å²) in [5, 5.41) is 0.457. The molecule has 2 aromatic rings. The van der Waals surface area contributed by atoms with E-state index in [1.807, 2.05) is 0 Å². The fourth-order valence-corrected chi connectivity index (χ4v) is 2.25. The molecular formula is C15H11Cl2FO3. The zero-order chi connectivity index (χ0) is 15.4. The van der Waals surface area contributed by atoms with Crippen molar-refractivity contribution >= 4 is 29.5 Å². The number of halogens is 3. The summed E-state index contributed by atoms with van der Waals surface area (Å²) in [6.45, 7) is -0.109. The van der Waals surface area contributed by atoms with Crippen LogP contribution in [0.4, 0.5) is 4.39 Å². The van der Waals surface area contributed by atoms with Gasteiger partial charge in [-0.3, -0.25) is 4.79 Å². The third-order valence-electron chi connectivity index (χ3n) is 2.81. The summed E-state index contributed by atoms with van der Waals surface area (Å²) in [5.41, 5.74) is 0.574. The van der Waals surface area contributed by atoms with Gasteiger partial charge in [-0.15, -0.1) is 0 Å². The highest BCUT2D eigenvalue weighted by atomic mass is 35.5. The molecule has 21 heavy (non-hydrogen) atoms. The Morgan fingerprint density at radius 1 is 1.24 bits per heavy atom. The molecule has 0 saturated carbocycles. The standard InChI is InChI=1S/C15H11Cl2FO3/c1-20-14-6-9(7-19)5-12(17)15(14)21-8-10-11(16)3-2-4-13(10)18/h2-7H,8H2,1H3. The Hall–Kier alpha value is -1.78. The van der Waals surface area contributed by atoms with Crippen LogP contribution in [0.5, 0.6) is 11.5 Å². The topological polar surface area (TPSA) is 35.5 Å². The third-order valence-corrected chi connectivity index (χ3v) is 3.45. The summed E-state index contributed by atoms with van der Waals surface area (Å²) < 4.78 is 24.3. The minimum absolute atomic E-state index is 0.109. The van der Waals surface area contributed by atoms with Crippen LogP contribution in [0.1, 0.15) is 15.9 Å². The lowest BCUT2D eigenvalue weighted by molar-refractivity contribution is 0.112. The third kappa shape index (κ3) is 3.46. The van der Waals surface area contributed by atoms with Gasteiger partial charge in [-0.25, -0.2) is 4.39 Å². The summed E-state index contributed by atoms with van der Waals surface area (Å²) in [6.07, 6.45) is 0.645. The largest absolute Gasteiger partial charge is 0.493 e. The molecule has 0 aromatic heterocycles. The predicted molar refractivity (Wildman–Crippen MR) is 79.1 cm³/mol. The molecule has 0 heterocycles. The molecule has 0 atom stereocenters. The number of hydrogen-bond acceptors (Lipinski definition) is 3. The molecule has 0 N–H and O–H groups in total. The molecule has 0 saturated heterocycles. The van der Waals surface area contributed by atoms with E-state index in [0.717, 1.165) is 0 Å². The van der Waals surface area contributed by atoms with Gasteiger partial charge in [-0.05, 0) is 24.3 Å². The predicted octanol–water partition coefficient (Wildman–Crippen LogP) is 4.53. The minimum atomic E-state index is -0.470. The van der Waals surface area contributed by atoms with Gasteiger partial charge >= 0.3 is 0 Å². The maximum atomic E-state index is 13.7. The van der Waals surface area contributed by atoms with Crippen LogP contribution in [0.15, 0.2) is 30.3 Å². The van der Waals surface area contributed by atoms with Crippen molar-refractivity contribution in [2.24, 2.45) is 0 Å². The quantitative estimate of drug-likeness (QED) is 0.756. The molecule has 110 valence electrons. The molecule has 0 amide bonds. The molecule has 0 aliphatic heterocycles. The Morgan fingerprint density at radius 3 is 2.62 bits per heavy atom. The molecule has 0 unspecified atom stereocenters. The van der Waals surface area contributed by atoms with E-state index in [0.29, 0.717) is 11.8 Å². The maximum Gasteiger partial charge on any atom is 0.180 e. The van der Waals surface area contributed by atoms with Crippen molar-refractivity contribution in [3.63, 3.8) is 0 Å². The zero-order valence-corrected chi connectivity index (χ0v) is 12.5. The summed E-state index contributed by atoms with van der Waals surface area (Å²) in [6, 6.07) is 7.29. The fourth-order valence-electron chi connectivity index (χ4n) is 1.76. The van der Waals surface area contributed by atoms with E-state index in [2.05, 4.69) is 0 Å². The normalized spacial score (nSPS) is 10.3. The van der Waals surface area contributed by atoms with Crippen LogP contribution >= 0.6 is 23.2 Å². The second-order valence-corrected chi connectivity index (χ2v) is 4.96. The number of carbonyl (C=O) groups excluding carboxylic acids is 1. The zero-order valence-electron chi connectivity index (χ0n) is 11.0. The number of methoxy groups -OCH3 is 1. The second kappa shape index (κ2) is 6.78. The number of ether oxygens (including phenoxy) is 2. The van der Waals surface area contributed by atoms with Gasteiger partial charge in [0, 0.05) is 11.1 Å². The van der Waals surface area contributed by atoms with Gasteiger partial charge in [-0.2, -0.15) is 0 Å². The van der Waals surface area contributed by atoms with Crippen LogP contribution < -0.4 is 9.47 Å². The molecular weight excluding hydrogens is 318 g/mol. The van der Waals surface area contributed by atoms with Gasteiger partial charge in [0.1, 0.15) is 18.7 Å². The van der Waals surface area contributed by atoms with E-state index < -0.39 is 5.82 Å². The number of carbonyl (C=O) groups is 1. The number of benzene rings is 2. The number of rotatable bonds is 5. The first-order valence-electron chi connectivity index (χ1n) is 5.95. The molecule has 0 spiro atoms. The van der Waals surface area contributed by atoms with Crippen molar-refractivity contribution < 1.29 is 18.7 Å². The number of aldehydes is 1. The smallest absolute Gasteiger partial charge is 0.180 e. The van der Waals surface area contributed by atoms with Gasteiger partial charge in [0.15, 0.2) is 11.5 Å². The highest BCUT2D eigenvalue weighted by Gasteiger charge is 2.14. The van der Waals surface area contributed by atoms with Crippen molar-refractivity contribution in [2.75, 3.05) is 7.11 Å². The first-order valence-corrected chi connectivity index (χ1v) is 6.70. The Morgan fingerprint density at radius 2 is 2.00 bits per heavy atom. The van der Waals surface area contributed by atoms with E-state index in [9.17, 15) is 9.18 Å². The fraction of sp³-hybridized carbons (Fsp3) is 0.133. The highest BCUT2D eigenvalue weighted by Crippen LogP contribution is 2.37. The monoisotopic (exact) mass is 328 g/mol. The average molecular weight is 329 g/mol. The van der Waals surface area contributed by atoms with E-state index in [1.54, 1.807) is 6.07 Å². The van der Waals surface area contributed by atoms with Gasteiger partial charge in [0.25, 0.3) is 0 Å². The Balaban J connectivity index is 2.30. The average Bonchev–Trinajstić information content (AvgIpc) is 2.47. The van der Waals surface area contributed by atoms with Crippen LogP contribution in [0.2, 0.25) is 10.0 Å².